The summed E-state index contributed by atoms with van der Waals surface area (Å²) in [4.78, 5) is 33.3. The third-order valence-corrected chi connectivity index (χ3v) is 5.87. The number of carbonyl (C=O) groups is 2. The van der Waals surface area contributed by atoms with Crippen molar-refractivity contribution < 1.29 is 31.9 Å². The summed E-state index contributed by atoms with van der Waals surface area (Å²) in [5.74, 6) is -1.51. The molecule has 0 aliphatic carbocycles. The average molecular weight is 572 g/mol. The normalized spacial score (nSPS) is 11.1. The summed E-state index contributed by atoms with van der Waals surface area (Å²) in [7, 11) is 1.47. The number of pyridine rings is 1. The standard InChI is InChI=1S/C27H21F4N5O3S/c1-39-24-7-4-19(14-33-24)34-25(40)13-20(37)11-17-10-16(2-5-22(17)28)26(38)35-18-3-6-23(36-9-8-32-15-36)21(12-18)27(29,30)31/h2-10,12,14-15H,11,13H2,1H3,(H,34,40)(H,35,38). The molecule has 0 bridgehead atoms. The van der Waals surface area contributed by atoms with Gasteiger partial charge < -0.3 is 19.9 Å². The fourth-order valence-electron chi connectivity index (χ4n) is 3.76. The number of hydrogen-bond donors (Lipinski definition) is 2. The van der Waals surface area contributed by atoms with E-state index in [0.717, 1.165) is 12.1 Å². The number of rotatable bonds is 9. The molecular weight excluding hydrogens is 550 g/mol. The van der Waals surface area contributed by atoms with Crippen molar-refractivity contribution in [1.82, 2.24) is 14.5 Å². The molecule has 0 fully saturated rings. The van der Waals surface area contributed by atoms with Crippen LogP contribution in [0.4, 0.5) is 28.9 Å². The van der Waals surface area contributed by atoms with E-state index in [0.29, 0.717) is 11.6 Å². The minimum Gasteiger partial charge on any atom is -0.481 e. The minimum absolute atomic E-state index is 0.0403. The van der Waals surface area contributed by atoms with E-state index in [1.807, 2.05) is 0 Å². The van der Waals surface area contributed by atoms with E-state index in [2.05, 4.69) is 20.6 Å². The summed E-state index contributed by atoms with van der Waals surface area (Å²) in [5, 5.41) is 5.25. The number of anilines is 2. The number of ketones is 1. The van der Waals surface area contributed by atoms with Gasteiger partial charge in [0.15, 0.2) is 0 Å². The third kappa shape index (κ3) is 7.05. The zero-order valence-corrected chi connectivity index (χ0v) is 21.6. The largest absolute Gasteiger partial charge is 0.481 e. The van der Waals surface area contributed by atoms with Gasteiger partial charge in [0.25, 0.3) is 5.91 Å². The molecule has 4 rings (SSSR count). The van der Waals surface area contributed by atoms with E-state index in [1.54, 1.807) is 12.1 Å². The third-order valence-electron chi connectivity index (χ3n) is 5.62. The van der Waals surface area contributed by atoms with Crippen LogP contribution in [0.15, 0.2) is 73.4 Å². The number of Topliss-reactive ketones (excluding diaryl/α,β-unsaturated/α-hetero) is 1. The number of nitrogens with zero attached hydrogens (tertiary/aromatic N) is 3. The first-order chi connectivity index (χ1) is 19.0. The summed E-state index contributed by atoms with van der Waals surface area (Å²) in [5.41, 5.74) is -0.827. The Labute approximate surface area is 231 Å². The smallest absolute Gasteiger partial charge is 0.418 e. The second-order valence-electron chi connectivity index (χ2n) is 8.49. The molecule has 0 saturated carbocycles. The van der Waals surface area contributed by atoms with E-state index in [9.17, 15) is 27.2 Å². The molecule has 2 aromatic carbocycles. The number of nitrogens with one attached hydrogen (secondary N) is 2. The second kappa shape index (κ2) is 12.0. The zero-order chi connectivity index (χ0) is 28.9. The number of hydrogen-bond acceptors (Lipinski definition) is 6. The Morgan fingerprint density at radius 1 is 1.05 bits per heavy atom. The molecule has 2 aromatic heterocycles. The number of halogens is 4. The van der Waals surface area contributed by atoms with Crippen molar-refractivity contribution in [1.29, 1.82) is 0 Å². The molecule has 1 amide bonds. The number of carbonyl (C=O) groups excluding carboxylic acids is 2. The molecule has 4 aromatic rings. The van der Waals surface area contributed by atoms with Crippen LogP contribution in [0, 0.1) is 5.82 Å². The van der Waals surface area contributed by atoms with Crippen LogP contribution in [-0.2, 0) is 17.4 Å². The van der Waals surface area contributed by atoms with Crippen molar-refractivity contribution in [2.45, 2.75) is 19.0 Å². The van der Waals surface area contributed by atoms with Crippen LogP contribution in [0.5, 0.6) is 5.88 Å². The van der Waals surface area contributed by atoms with E-state index in [-0.39, 0.29) is 40.3 Å². The summed E-state index contributed by atoms with van der Waals surface area (Å²) in [6.45, 7) is 0. The number of benzene rings is 2. The molecule has 0 unspecified atom stereocenters. The van der Waals surface area contributed by atoms with Gasteiger partial charge in [-0.25, -0.2) is 14.4 Å². The van der Waals surface area contributed by atoms with Crippen molar-refractivity contribution in [3.05, 3.63) is 96.0 Å². The van der Waals surface area contributed by atoms with Gasteiger partial charge in [0.05, 0.1) is 48.0 Å². The van der Waals surface area contributed by atoms with Gasteiger partial charge in [-0.05, 0) is 48.0 Å². The maximum atomic E-state index is 14.5. The Hall–Kier alpha value is -4.65. The molecule has 8 nitrogen and oxygen atoms in total. The zero-order valence-electron chi connectivity index (χ0n) is 20.8. The molecule has 0 radical (unpaired) electrons. The molecule has 0 saturated heterocycles. The molecular formula is C27H21F4N5O3S. The van der Waals surface area contributed by atoms with Crippen LogP contribution in [-0.4, -0.2) is 38.3 Å². The molecule has 13 heteroatoms. The average Bonchev–Trinajstić information content (AvgIpc) is 3.44. The predicted molar refractivity (Wildman–Crippen MR) is 143 cm³/mol. The van der Waals surface area contributed by atoms with Gasteiger partial charge in [-0.1, -0.05) is 12.2 Å². The van der Waals surface area contributed by atoms with E-state index in [1.165, 1.54) is 60.9 Å². The van der Waals surface area contributed by atoms with Gasteiger partial charge in [-0.15, -0.1) is 0 Å². The number of alkyl halides is 3. The van der Waals surface area contributed by atoms with Gasteiger partial charge in [-0.3, -0.25) is 9.59 Å². The van der Waals surface area contributed by atoms with Gasteiger partial charge in [0.1, 0.15) is 11.6 Å². The number of imidazole rings is 1. The Kier molecular flexibility index (Phi) is 8.53. The maximum Gasteiger partial charge on any atom is 0.418 e. The Morgan fingerprint density at radius 2 is 1.82 bits per heavy atom. The Morgan fingerprint density at radius 3 is 2.48 bits per heavy atom. The lowest BCUT2D eigenvalue weighted by atomic mass is 10.0. The number of methoxy groups -OCH3 is 1. The second-order valence-corrected chi connectivity index (χ2v) is 8.98. The van der Waals surface area contributed by atoms with Crippen molar-refractivity contribution in [2.75, 3.05) is 17.7 Å². The molecule has 40 heavy (non-hydrogen) atoms. The van der Waals surface area contributed by atoms with Crippen LogP contribution < -0.4 is 15.4 Å². The highest BCUT2D eigenvalue weighted by molar-refractivity contribution is 7.80. The van der Waals surface area contributed by atoms with Gasteiger partial charge in [0.2, 0.25) is 5.88 Å². The summed E-state index contributed by atoms with van der Waals surface area (Å²) in [6.07, 6.45) is 0.152. The molecule has 0 aliphatic heterocycles. The summed E-state index contributed by atoms with van der Waals surface area (Å²) >= 11 is 5.20. The fraction of sp³-hybridized carbons (Fsp3) is 0.148. The van der Waals surface area contributed by atoms with Crippen LogP contribution in [0.25, 0.3) is 5.69 Å². The lowest BCUT2D eigenvalue weighted by molar-refractivity contribution is -0.137. The topological polar surface area (TPSA) is 98.1 Å². The van der Waals surface area contributed by atoms with Gasteiger partial charge in [0, 0.05) is 36.1 Å². The summed E-state index contributed by atoms with van der Waals surface area (Å²) < 4.78 is 61.7. The van der Waals surface area contributed by atoms with Crippen molar-refractivity contribution in [3.63, 3.8) is 0 Å². The first kappa shape index (κ1) is 28.4. The maximum absolute atomic E-state index is 14.5. The highest BCUT2D eigenvalue weighted by Gasteiger charge is 2.34. The highest BCUT2D eigenvalue weighted by atomic mass is 32.1. The van der Waals surface area contributed by atoms with E-state index in [4.69, 9.17) is 17.0 Å². The van der Waals surface area contributed by atoms with Gasteiger partial charge in [-0.2, -0.15) is 13.2 Å². The number of aromatic nitrogens is 3. The first-order valence-corrected chi connectivity index (χ1v) is 12.1. The number of amides is 1. The van der Waals surface area contributed by atoms with E-state index < -0.39 is 29.2 Å². The van der Waals surface area contributed by atoms with Crippen molar-refractivity contribution in [2.24, 2.45) is 0 Å². The summed E-state index contributed by atoms with van der Waals surface area (Å²) in [6, 6.07) is 9.94. The van der Waals surface area contributed by atoms with Crippen molar-refractivity contribution >= 4 is 40.3 Å². The molecule has 0 aliphatic rings. The van der Waals surface area contributed by atoms with Crippen LogP contribution >= 0.6 is 12.2 Å². The molecule has 0 atom stereocenters. The molecule has 2 heterocycles. The Bertz CT molecular complexity index is 1540. The van der Waals surface area contributed by atoms with Crippen LogP contribution in [0.1, 0.15) is 27.9 Å². The SMILES string of the molecule is COc1ccc(NC(=S)CC(=O)Cc2cc(C(=O)Nc3ccc(-n4ccnc4)c(C(F)(F)F)c3)ccc2F)cn1. The van der Waals surface area contributed by atoms with Crippen molar-refractivity contribution in [3.8, 4) is 11.6 Å². The van der Waals surface area contributed by atoms with E-state index >= 15 is 0 Å². The monoisotopic (exact) mass is 571 g/mol. The predicted octanol–water partition coefficient (Wildman–Crippen LogP) is 5.63. The first-order valence-electron chi connectivity index (χ1n) is 11.6. The number of ether oxygens (including phenoxy) is 1. The molecule has 206 valence electrons. The van der Waals surface area contributed by atoms with Gasteiger partial charge >= 0.3 is 6.18 Å². The van der Waals surface area contributed by atoms with Crippen LogP contribution in [0.3, 0.4) is 0 Å². The molecule has 2 N–H and O–H groups in total. The quantitative estimate of drug-likeness (QED) is 0.199. The number of thiocarbonyl (C=S) groups is 1. The van der Waals surface area contributed by atoms with Crippen LogP contribution in [0.2, 0.25) is 0 Å². The fourth-order valence-corrected chi connectivity index (χ4v) is 4.04. The molecule has 0 spiro atoms. The highest BCUT2D eigenvalue weighted by Crippen LogP contribution is 2.35. The lowest BCUT2D eigenvalue weighted by Crippen LogP contribution is -2.17. The lowest BCUT2D eigenvalue weighted by Gasteiger charge is -2.15. The Balaban J connectivity index is 1.43. The minimum atomic E-state index is -4.71.